The molecule has 0 saturated heterocycles. The maximum absolute atomic E-state index is 11.6. The molecular weight excluding hydrogens is 204 g/mol. The summed E-state index contributed by atoms with van der Waals surface area (Å²) in [5, 5.41) is 0. The molecule has 1 saturated carbocycles. The molecule has 0 aliphatic heterocycles. The number of hydrogen-bond acceptors (Lipinski definition) is 4. The second-order valence-corrected chi connectivity index (χ2v) is 4.43. The van der Waals surface area contributed by atoms with Crippen LogP contribution in [0.3, 0.4) is 0 Å². The Kier molecular flexibility index (Phi) is 3.17. The summed E-state index contributed by atoms with van der Waals surface area (Å²) in [6, 6.07) is 0. The molecule has 1 heterocycles. The first-order valence-electron chi connectivity index (χ1n) is 5.65. The van der Waals surface area contributed by atoms with Crippen LogP contribution in [0.2, 0.25) is 0 Å². The van der Waals surface area contributed by atoms with Crippen molar-refractivity contribution in [3.05, 3.63) is 18.1 Å². The average molecular weight is 220 g/mol. The normalized spacial score (nSPS) is 15.2. The Balaban J connectivity index is 2.00. The van der Waals surface area contributed by atoms with Gasteiger partial charge in [-0.15, -0.1) is 0 Å². The van der Waals surface area contributed by atoms with Crippen LogP contribution < -0.4 is 4.74 Å². The number of carbonyl (C=O) groups is 1. The van der Waals surface area contributed by atoms with Gasteiger partial charge in [0.15, 0.2) is 0 Å². The van der Waals surface area contributed by atoms with Crippen molar-refractivity contribution in [1.82, 2.24) is 9.97 Å². The summed E-state index contributed by atoms with van der Waals surface area (Å²) in [4.78, 5) is 19.9. The van der Waals surface area contributed by atoms with E-state index in [1.54, 1.807) is 12.4 Å². The third-order valence-corrected chi connectivity index (χ3v) is 2.41. The number of aromatic nitrogens is 2. The average Bonchev–Trinajstić information content (AvgIpc) is 2.99. The maximum atomic E-state index is 11.6. The van der Waals surface area contributed by atoms with E-state index in [2.05, 4.69) is 9.97 Å². The topological polar surface area (TPSA) is 52.1 Å². The van der Waals surface area contributed by atoms with E-state index < -0.39 is 0 Å². The lowest BCUT2D eigenvalue weighted by molar-refractivity contribution is -0.119. The van der Waals surface area contributed by atoms with Crippen LogP contribution in [-0.2, 0) is 11.2 Å². The molecule has 4 nitrogen and oxygen atoms in total. The molecule has 0 atom stereocenters. The molecule has 0 unspecified atom stereocenters. The Bertz CT molecular complexity index is 386. The first kappa shape index (κ1) is 11.0. The van der Waals surface area contributed by atoms with E-state index in [-0.39, 0.29) is 17.8 Å². The molecule has 1 aliphatic carbocycles. The smallest absolute Gasteiger partial charge is 0.232 e. The zero-order chi connectivity index (χ0) is 11.5. The second kappa shape index (κ2) is 4.60. The van der Waals surface area contributed by atoms with Crippen molar-refractivity contribution >= 4 is 5.78 Å². The first-order valence-corrected chi connectivity index (χ1v) is 5.65. The van der Waals surface area contributed by atoms with Crippen molar-refractivity contribution in [3.8, 4) is 5.88 Å². The van der Waals surface area contributed by atoms with Gasteiger partial charge in [0.1, 0.15) is 5.78 Å². The lowest BCUT2D eigenvalue weighted by atomic mass is 10.1. The lowest BCUT2D eigenvalue weighted by Gasteiger charge is -2.08. The molecule has 1 fully saturated rings. The summed E-state index contributed by atoms with van der Waals surface area (Å²) in [6.07, 6.45) is 5.73. The number of nitrogens with zero attached hydrogens (tertiary/aromatic N) is 2. The summed E-state index contributed by atoms with van der Waals surface area (Å²) in [7, 11) is 0. The van der Waals surface area contributed by atoms with Crippen LogP contribution in [0, 0.1) is 5.92 Å². The number of ether oxygens (including phenoxy) is 1. The fraction of sp³-hybridized carbons (Fsp3) is 0.583. The van der Waals surface area contributed by atoms with Gasteiger partial charge in [-0.3, -0.25) is 9.78 Å². The predicted octanol–water partition coefficient (Wildman–Crippen LogP) is 1.79. The van der Waals surface area contributed by atoms with E-state index in [1.165, 1.54) is 0 Å². The van der Waals surface area contributed by atoms with Crippen molar-refractivity contribution in [2.24, 2.45) is 5.92 Å². The zero-order valence-electron chi connectivity index (χ0n) is 9.64. The van der Waals surface area contributed by atoms with Crippen LogP contribution in [0.4, 0.5) is 0 Å². The summed E-state index contributed by atoms with van der Waals surface area (Å²) in [5.74, 6) is 1.04. The summed E-state index contributed by atoms with van der Waals surface area (Å²) < 4.78 is 5.43. The highest BCUT2D eigenvalue weighted by Crippen LogP contribution is 2.30. The van der Waals surface area contributed by atoms with E-state index in [0.29, 0.717) is 18.0 Å². The highest BCUT2D eigenvalue weighted by molar-refractivity contribution is 5.84. The molecule has 0 N–H and O–H groups in total. The third-order valence-electron chi connectivity index (χ3n) is 2.41. The summed E-state index contributed by atoms with van der Waals surface area (Å²) in [6.45, 7) is 3.87. The molecule has 2 rings (SSSR count). The molecular formula is C12H16N2O2. The first-order chi connectivity index (χ1) is 7.65. The van der Waals surface area contributed by atoms with Crippen LogP contribution in [-0.4, -0.2) is 21.9 Å². The molecule has 86 valence electrons. The summed E-state index contributed by atoms with van der Waals surface area (Å²) >= 11 is 0. The Morgan fingerprint density at radius 2 is 2.25 bits per heavy atom. The highest BCUT2D eigenvalue weighted by atomic mass is 16.5. The van der Waals surface area contributed by atoms with Gasteiger partial charge >= 0.3 is 0 Å². The fourth-order valence-electron chi connectivity index (χ4n) is 1.50. The van der Waals surface area contributed by atoms with E-state index in [9.17, 15) is 4.79 Å². The minimum Gasteiger partial charge on any atom is -0.474 e. The van der Waals surface area contributed by atoms with E-state index in [0.717, 1.165) is 12.8 Å². The Hall–Kier alpha value is -1.45. The van der Waals surface area contributed by atoms with Crippen molar-refractivity contribution in [2.75, 3.05) is 0 Å². The summed E-state index contributed by atoms with van der Waals surface area (Å²) in [5.41, 5.74) is 0.704. The molecule has 0 bridgehead atoms. The van der Waals surface area contributed by atoms with Crippen LogP contribution in [0.25, 0.3) is 0 Å². The van der Waals surface area contributed by atoms with Crippen LogP contribution >= 0.6 is 0 Å². The SMILES string of the molecule is CC(C)Oc1cncc(CC(=O)C2CC2)n1. The van der Waals surface area contributed by atoms with Crippen molar-refractivity contribution < 1.29 is 9.53 Å². The molecule has 1 aliphatic rings. The monoisotopic (exact) mass is 220 g/mol. The van der Waals surface area contributed by atoms with Crippen molar-refractivity contribution in [1.29, 1.82) is 0 Å². The van der Waals surface area contributed by atoms with Gasteiger partial charge in [-0.05, 0) is 26.7 Å². The number of Topliss-reactive ketones (excluding diaryl/α,β-unsaturated/α-hetero) is 1. The largest absolute Gasteiger partial charge is 0.474 e. The van der Waals surface area contributed by atoms with Crippen molar-refractivity contribution in [3.63, 3.8) is 0 Å². The van der Waals surface area contributed by atoms with Gasteiger partial charge in [-0.25, -0.2) is 4.98 Å². The van der Waals surface area contributed by atoms with Gasteiger partial charge in [0.25, 0.3) is 0 Å². The van der Waals surface area contributed by atoms with E-state index in [1.807, 2.05) is 13.8 Å². The third kappa shape index (κ3) is 3.02. The van der Waals surface area contributed by atoms with Gasteiger partial charge in [0.2, 0.25) is 5.88 Å². The second-order valence-electron chi connectivity index (χ2n) is 4.43. The molecule has 0 aromatic carbocycles. The van der Waals surface area contributed by atoms with Gasteiger partial charge < -0.3 is 4.74 Å². The molecule has 1 aromatic heterocycles. The quantitative estimate of drug-likeness (QED) is 0.759. The number of ketones is 1. The molecule has 16 heavy (non-hydrogen) atoms. The van der Waals surface area contributed by atoms with Gasteiger partial charge in [-0.1, -0.05) is 0 Å². The van der Waals surface area contributed by atoms with Crippen LogP contribution in [0.15, 0.2) is 12.4 Å². The Morgan fingerprint density at radius 3 is 2.88 bits per heavy atom. The van der Waals surface area contributed by atoms with Gasteiger partial charge in [0, 0.05) is 12.1 Å². The predicted molar refractivity (Wildman–Crippen MR) is 59.2 cm³/mol. The molecule has 0 spiro atoms. The van der Waals surface area contributed by atoms with Crippen LogP contribution in [0.1, 0.15) is 32.4 Å². The standard InChI is InChI=1S/C12H16N2O2/c1-8(2)16-12-7-13-6-10(14-12)5-11(15)9-3-4-9/h6-9H,3-5H2,1-2H3. The fourth-order valence-corrected chi connectivity index (χ4v) is 1.50. The molecule has 4 heteroatoms. The minimum absolute atomic E-state index is 0.0729. The minimum atomic E-state index is 0.0729. The van der Waals surface area contributed by atoms with Crippen molar-refractivity contribution in [2.45, 2.75) is 39.2 Å². The van der Waals surface area contributed by atoms with Gasteiger partial charge in [-0.2, -0.15) is 0 Å². The highest BCUT2D eigenvalue weighted by Gasteiger charge is 2.29. The maximum Gasteiger partial charge on any atom is 0.232 e. The molecule has 0 radical (unpaired) electrons. The molecule has 0 amide bonds. The Labute approximate surface area is 95.1 Å². The van der Waals surface area contributed by atoms with E-state index in [4.69, 9.17) is 4.74 Å². The van der Waals surface area contributed by atoms with E-state index >= 15 is 0 Å². The number of carbonyl (C=O) groups excluding carboxylic acids is 1. The molecule has 1 aromatic rings. The number of rotatable bonds is 5. The van der Waals surface area contributed by atoms with Crippen LogP contribution in [0.5, 0.6) is 5.88 Å². The Morgan fingerprint density at radius 1 is 1.50 bits per heavy atom. The lowest BCUT2D eigenvalue weighted by Crippen LogP contribution is -2.10. The number of hydrogen-bond donors (Lipinski definition) is 0. The van der Waals surface area contributed by atoms with Gasteiger partial charge in [0.05, 0.1) is 24.4 Å². The zero-order valence-corrected chi connectivity index (χ0v) is 9.64.